The van der Waals surface area contributed by atoms with Crippen molar-refractivity contribution in [1.29, 1.82) is 0 Å². The first-order chi connectivity index (χ1) is 9.83. The van der Waals surface area contributed by atoms with Crippen LogP contribution >= 0.6 is 0 Å². The Morgan fingerprint density at radius 2 is 1.50 bits per heavy atom. The Kier molecular flexibility index (Phi) is 5.33. The molecular weight excluding hydrogens is 252 g/mol. The van der Waals surface area contributed by atoms with E-state index in [4.69, 9.17) is 9.47 Å². The summed E-state index contributed by atoms with van der Waals surface area (Å²) in [5, 5.41) is 0. The lowest BCUT2D eigenvalue weighted by molar-refractivity contribution is 0.110. The lowest BCUT2D eigenvalue weighted by atomic mass is 10.0. The van der Waals surface area contributed by atoms with Gasteiger partial charge in [0, 0.05) is 12.2 Å². The number of rotatable bonds is 7. The average molecular weight is 270 g/mol. The fraction of sp³-hybridized carbons (Fsp3) is 0.235. The molecule has 0 unspecified atom stereocenters. The second kappa shape index (κ2) is 7.46. The van der Waals surface area contributed by atoms with Crippen LogP contribution in [0, 0.1) is 0 Å². The highest BCUT2D eigenvalue weighted by Gasteiger charge is 1.99. The molecule has 104 valence electrons. The van der Waals surface area contributed by atoms with E-state index in [9.17, 15) is 4.79 Å². The largest absolute Gasteiger partial charge is 0.491 e. The van der Waals surface area contributed by atoms with Crippen LogP contribution in [-0.2, 0) is 4.74 Å². The number of benzene rings is 2. The minimum absolute atomic E-state index is 0.557. The molecule has 2 aromatic rings. The quantitative estimate of drug-likeness (QED) is 0.570. The number of hydrogen-bond acceptors (Lipinski definition) is 3. The van der Waals surface area contributed by atoms with Gasteiger partial charge in [0.25, 0.3) is 0 Å². The predicted molar refractivity (Wildman–Crippen MR) is 79.3 cm³/mol. The smallest absolute Gasteiger partial charge is 0.150 e. The van der Waals surface area contributed by atoms with Crippen molar-refractivity contribution >= 4 is 6.29 Å². The molecule has 0 bridgehead atoms. The summed E-state index contributed by atoms with van der Waals surface area (Å²) in [5.41, 5.74) is 2.86. The van der Waals surface area contributed by atoms with Gasteiger partial charge in [-0.2, -0.15) is 0 Å². The summed E-state index contributed by atoms with van der Waals surface area (Å²) >= 11 is 0. The molecule has 3 heteroatoms. The molecule has 0 radical (unpaired) electrons. The second-order valence-electron chi connectivity index (χ2n) is 4.31. The van der Waals surface area contributed by atoms with Crippen LogP contribution in [0.5, 0.6) is 5.75 Å². The molecule has 0 amide bonds. The van der Waals surface area contributed by atoms with Crippen molar-refractivity contribution in [2.45, 2.75) is 6.92 Å². The van der Waals surface area contributed by atoms with Gasteiger partial charge in [-0.1, -0.05) is 36.4 Å². The van der Waals surface area contributed by atoms with Crippen molar-refractivity contribution in [3.63, 3.8) is 0 Å². The Bertz CT molecular complexity index is 529. The molecule has 0 aromatic heterocycles. The van der Waals surface area contributed by atoms with E-state index in [1.54, 1.807) is 0 Å². The van der Waals surface area contributed by atoms with Gasteiger partial charge in [-0.05, 0) is 30.2 Å². The van der Waals surface area contributed by atoms with Gasteiger partial charge < -0.3 is 9.47 Å². The van der Waals surface area contributed by atoms with E-state index >= 15 is 0 Å². The maximum atomic E-state index is 10.6. The molecule has 20 heavy (non-hydrogen) atoms. The summed E-state index contributed by atoms with van der Waals surface area (Å²) in [6.45, 7) is 3.83. The number of ether oxygens (including phenoxy) is 2. The van der Waals surface area contributed by atoms with Gasteiger partial charge in [0.2, 0.25) is 0 Å². The number of carbonyl (C=O) groups is 1. The van der Waals surface area contributed by atoms with Crippen molar-refractivity contribution < 1.29 is 14.3 Å². The van der Waals surface area contributed by atoms with E-state index in [1.807, 2.05) is 55.5 Å². The molecule has 0 N–H and O–H groups in total. The third-order valence-electron chi connectivity index (χ3n) is 2.93. The summed E-state index contributed by atoms with van der Waals surface area (Å²) in [4.78, 5) is 10.6. The van der Waals surface area contributed by atoms with Crippen LogP contribution in [0.2, 0.25) is 0 Å². The molecule has 0 aliphatic carbocycles. The zero-order valence-electron chi connectivity index (χ0n) is 11.5. The van der Waals surface area contributed by atoms with E-state index in [1.165, 1.54) is 0 Å². The Hall–Kier alpha value is -2.13. The Morgan fingerprint density at radius 3 is 2.05 bits per heavy atom. The molecule has 0 saturated carbocycles. The SMILES string of the molecule is CCOCCOc1ccc(-c2ccc(C=O)cc2)cc1. The Labute approximate surface area is 119 Å². The lowest BCUT2D eigenvalue weighted by Crippen LogP contribution is -2.06. The maximum absolute atomic E-state index is 10.6. The fourth-order valence-electron chi connectivity index (χ4n) is 1.86. The first-order valence-electron chi connectivity index (χ1n) is 6.69. The fourth-order valence-corrected chi connectivity index (χ4v) is 1.86. The van der Waals surface area contributed by atoms with Gasteiger partial charge in [-0.15, -0.1) is 0 Å². The highest BCUT2D eigenvalue weighted by Crippen LogP contribution is 2.22. The van der Waals surface area contributed by atoms with Gasteiger partial charge >= 0.3 is 0 Å². The van der Waals surface area contributed by atoms with Gasteiger partial charge in [0.05, 0.1) is 6.61 Å². The molecule has 2 rings (SSSR count). The van der Waals surface area contributed by atoms with E-state index in [0.29, 0.717) is 25.4 Å². The molecule has 0 aliphatic heterocycles. The van der Waals surface area contributed by atoms with E-state index in [-0.39, 0.29) is 0 Å². The van der Waals surface area contributed by atoms with Crippen LogP contribution in [-0.4, -0.2) is 26.1 Å². The average Bonchev–Trinajstić information content (AvgIpc) is 2.52. The second-order valence-corrected chi connectivity index (χ2v) is 4.31. The Morgan fingerprint density at radius 1 is 0.900 bits per heavy atom. The summed E-state index contributed by atoms with van der Waals surface area (Å²) in [7, 11) is 0. The highest BCUT2D eigenvalue weighted by atomic mass is 16.5. The zero-order chi connectivity index (χ0) is 14.2. The van der Waals surface area contributed by atoms with E-state index in [0.717, 1.165) is 23.2 Å². The molecule has 3 nitrogen and oxygen atoms in total. The lowest BCUT2D eigenvalue weighted by Gasteiger charge is -2.07. The minimum Gasteiger partial charge on any atom is -0.491 e. The van der Waals surface area contributed by atoms with Gasteiger partial charge in [-0.25, -0.2) is 0 Å². The van der Waals surface area contributed by atoms with Crippen molar-refractivity contribution in [2.75, 3.05) is 19.8 Å². The van der Waals surface area contributed by atoms with Gasteiger partial charge in [0.1, 0.15) is 18.6 Å². The van der Waals surface area contributed by atoms with Gasteiger partial charge in [-0.3, -0.25) is 4.79 Å². The minimum atomic E-state index is 0.557. The van der Waals surface area contributed by atoms with E-state index in [2.05, 4.69) is 0 Å². The summed E-state index contributed by atoms with van der Waals surface area (Å²) < 4.78 is 10.8. The van der Waals surface area contributed by atoms with Crippen molar-refractivity contribution in [1.82, 2.24) is 0 Å². The topological polar surface area (TPSA) is 35.5 Å². The van der Waals surface area contributed by atoms with E-state index < -0.39 is 0 Å². The van der Waals surface area contributed by atoms with Crippen LogP contribution in [0.1, 0.15) is 17.3 Å². The number of carbonyl (C=O) groups excluding carboxylic acids is 1. The molecule has 0 aliphatic rings. The van der Waals surface area contributed by atoms with Crippen molar-refractivity contribution in [2.24, 2.45) is 0 Å². The molecule has 0 atom stereocenters. The van der Waals surface area contributed by atoms with Crippen LogP contribution in [0.15, 0.2) is 48.5 Å². The third kappa shape index (κ3) is 3.93. The van der Waals surface area contributed by atoms with Crippen LogP contribution in [0.3, 0.4) is 0 Å². The summed E-state index contributed by atoms with van der Waals surface area (Å²) in [6.07, 6.45) is 0.846. The number of hydrogen-bond donors (Lipinski definition) is 0. The van der Waals surface area contributed by atoms with Crippen molar-refractivity contribution in [3.8, 4) is 16.9 Å². The monoisotopic (exact) mass is 270 g/mol. The summed E-state index contributed by atoms with van der Waals surface area (Å²) in [6, 6.07) is 15.4. The van der Waals surface area contributed by atoms with Crippen LogP contribution in [0.4, 0.5) is 0 Å². The predicted octanol–water partition coefficient (Wildman–Crippen LogP) is 3.58. The molecule has 0 spiro atoms. The molecule has 0 heterocycles. The maximum Gasteiger partial charge on any atom is 0.150 e. The third-order valence-corrected chi connectivity index (χ3v) is 2.93. The van der Waals surface area contributed by atoms with Crippen LogP contribution < -0.4 is 4.74 Å². The van der Waals surface area contributed by atoms with Gasteiger partial charge in [0.15, 0.2) is 0 Å². The molecule has 0 fully saturated rings. The normalized spacial score (nSPS) is 10.2. The zero-order valence-corrected chi connectivity index (χ0v) is 11.5. The standard InChI is InChI=1S/C17H18O3/c1-2-19-11-12-20-17-9-7-16(8-10-17)15-5-3-14(13-18)4-6-15/h3-10,13H,2,11-12H2,1H3. The first-order valence-corrected chi connectivity index (χ1v) is 6.69. The highest BCUT2D eigenvalue weighted by molar-refractivity contribution is 5.76. The van der Waals surface area contributed by atoms with Crippen molar-refractivity contribution in [3.05, 3.63) is 54.1 Å². The summed E-state index contributed by atoms with van der Waals surface area (Å²) in [5.74, 6) is 0.831. The van der Waals surface area contributed by atoms with Crippen LogP contribution in [0.25, 0.3) is 11.1 Å². The molecule has 2 aromatic carbocycles. The first kappa shape index (κ1) is 14.3. The molecule has 0 saturated heterocycles. The molecular formula is C17H18O3. The Balaban J connectivity index is 1.98. The number of aldehydes is 1.